The van der Waals surface area contributed by atoms with Gasteiger partial charge in [-0.15, -0.1) is 0 Å². The molecule has 1 aromatic rings. The molecule has 0 radical (unpaired) electrons. The Kier molecular flexibility index (Phi) is 7.82. The van der Waals surface area contributed by atoms with Crippen LogP contribution in [0.3, 0.4) is 0 Å². The fourth-order valence-corrected chi connectivity index (χ4v) is 2.07. The van der Waals surface area contributed by atoms with Crippen LogP contribution < -0.4 is 5.32 Å². The van der Waals surface area contributed by atoms with Crippen LogP contribution in [0, 0.1) is 5.92 Å². The second-order valence-electron chi connectivity index (χ2n) is 5.98. The summed E-state index contributed by atoms with van der Waals surface area (Å²) in [5.41, 5.74) is 2.30. The van der Waals surface area contributed by atoms with Crippen LogP contribution in [0.4, 0.5) is 0 Å². The van der Waals surface area contributed by atoms with E-state index < -0.39 is 6.10 Å². The first-order valence-electron chi connectivity index (χ1n) is 7.58. The van der Waals surface area contributed by atoms with E-state index in [4.69, 9.17) is 4.74 Å². The molecule has 2 N–H and O–H groups in total. The second-order valence-corrected chi connectivity index (χ2v) is 5.98. The molecule has 0 bridgehead atoms. The Bertz CT molecular complexity index is 360. The molecule has 0 aliphatic carbocycles. The maximum atomic E-state index is 10.1. The van der Waals surface area contributed by atoms with Gasteiger partial charge < -0.3 is 15.2 Å². The topological polar surface area (TPSA) is 41.5 Å². The van der Waals surface area contributed by atoms with E-state index in [9.17, 15) is 5.11 Å². The highest BCUT2D eigenvalue weighted by molar-refractivity contribution is 5.24. The van der Waals surface area contributed by atoms with Crippen LogP contribution >= 0.6 is 0 Å². The molecule has 0 heterocycles. The zero-order chi connectivity index (χ0) is 15.0. The van der Waals surface area contributed by atoms with Gasteiger partial charge in [0.2, 0.25) is 0 Å². The molecule has 0 spiro atoms. The van der Waals surface area contributed by atoms with Gasteiger partial charge in [-0.25, -0.2) is 0 Å². The third-order valence-corrected chi connectivity index (χ3v) is 3.08. The summed E-state index contributed by atoms with van der Waals surface area (Å²) in [6.45, 7) is 10.5. The lowest BCUT2D eigenvalue weighted by Gasteiger charge is -2.14. The summed E-state index contributed by atoms with van der Waals surface area (Å²) in [7, 11) is 0. The van der Waals surface area contributed by atoms with E-state index in [1.54, 1.807) is 0 Å². The van der Waals surface area contributed by atoms with E-state index in [2.05, 4.69) is 31.3 Å². The van der Waals surface area contributed by atoms with Crippen molar-refractivity contribution in [1.29, 1.82) is 0 Å². The molecule has 114 valence electrons. The summed E-state index contributed by atoms with van der Waals surface area (Å²) in [6, 6.07) is 8.27. The van der Waals surface area contributed by atoms with E-state index in [-0.39, 0.29) is 6.10 Å². The molecular formula is C17H29NO2. The monoisotopic (exact) mass is 279 g/mol. The molecule has 0 aliphatic rings. The molecule has 3 nitrogen and oxygen atoms in total. The van der Waals surface area contributed by atoms with Gasteiger partial charge in [-0.2, -0.15) is 0 Å². The lowest BCUT2D eigenvalue weighted by Crippen LogP contribution is -2.26. The molecule has 0 aliphatic heterocycles. The van der Waals surface area contributed by atoms with Gasteiger partial charge in [-0.3, -0.25) is 0 Å². The Hall–Kier alpha value is -0.900. The molecule has 0 fully saturated rings. The van der Waals surface area contributed by atoms with Gasteiger partial charge in [0.05, 0.1) is 18.8 Å². The van der Waals surface area contributed by atoms with Crippen molar-refractivity contribution < 1.29 is 9.84 Å². The largest absolute Gasteiger partial charge is 0.387 e. The summed E-state index contributed by atoms with van der Waals surface area (Å²) in [5.74, 6) is 0.661. The molecule has 0 amide bonds. The molecular weight excluding hydrogens is 250 g/mol. The third-order valence-electron chi connectivity index (χ3n) is 3.08. The Morgan fingerprint density at radius 2 is 1.75 bits per heavy atom. The van der Waals surface area contributed by atoms with Crippen molar-refractivity contribution in [3.8, 4) is 0 Å². The number of benzene rings is 1. The first-order chi connectivity index (χ1) is 9.49. The number of rotatable bonds is 9. The average Bonchev–Trinajstić information content (AvgIpc) is 2.38. The Morgan fingerprint density at radius 1 is 1.10 bits per heavy atom. The second kappa shape index (κ2) is 9.11. The maximum absolute atomic E-state index is 10.1. The molecule has 0 aromatic heterocycles. The van der Waals surface area contributed by atoms with Crippen LogP contribution in [0.5, 0.6) is 0 Å². The van der Waals surface area contributed by atoms with Crippen LogP contribution in [0.2, 0.25) is 0 Å². The van der Waals surface area contributed by atoms with Crippen LogP contribution in [0.25, 0.3) is 0 Å². The van der Waals surface area contributed by atoms with Crippen LogP contribution in [0.1, 0.15) is 44.9 Å². The lowest BCUT2D eigenvalue weighted by molar-refractivity contribution is 0.0781. The quantitative estimate of drug-likeness (QED) is 0.683. The molecule has 0 saturated heterocycles. The first kappa shape index (κ1) is 17.2. The van der Waals surface area contributed by atoms with Gasteiger partial charge in [0, 0.05) is 13.1 Å². The Labute approximate surface area is 123 Å². The summed E-state index contributed by atoms with van der Waals surface area (Å²) in [5, 5.41) is 13.3. The van der Waals surface area contributed by atoms with Crippen molar-refractivity contribution in [3.63, 3.8) is 0 Å². The van der Waals surface area contributed by atoms with Crippen molar-refractivity contribution in [3.05, 3.63) is 35.4 Å². The normalized spacial score (nSPS) is 13.2. The van der Waals surface area contributed by atoms with Gasteiger partial charge >= 0.3 is 0 Å². The number of nitrogens with one attached hydrogen (secondary N) is 1. The summed E-state index contributed by atoms with van der Waals surface area (Å²) in [6.07, 6.45) is 0.888. The van der Waals surface area contributed by atoms with Crippen LogP contribution in [-0.2, 0) is 11.2 Å². The highest BCUT2D eigenvalue weighted by Gasteiger charge is 2.07. The fourth-order valence-electron chi connectivity index (χ4n) is 2.07. The highest BCUT2D eigenvalue weighted by Crippen LogP contribution is 2.15. The zero-order valence-electron chi connectivity index (χ0n) is 13.2. The van der Waals surface area contributed by atoms with Crippen LogP contribution in [-0.4, -0.2) is 30.9 Å². The van der Waals surface area contributed by atoms with Crippen LogP contribution in [0.15, 0.2) is 24.3 Å². The smallest absolute Gasteiger partial charge is 0.0914 e. The molecule has 20 heavy (non-hydrogen) atoms. The number of aliphatic hydroxyl groups excluding tert-OH is 1. The maximum Gasteiger partial charge on any atom is 0.0914 e. The first-order valence-corrected chi connectivity index (χ1v) is 7.58. The summed E-state index contributed by atoms with van der Waals surface area (Å²) < 4.78 is 5.44. The van der Waals surface area contributed by atoms with Crippen molar-refractivity contribution >= 4 is 0 Å². The van der Waals surface area contributed by atoms with Gasteiger partial charge in [-0.1, -0.05) is 38.1 Å². The Morgan fingerprint density at radius 3 is 2.30 bits per heavy atom. The lowest BCUT2D eigenvalue weighted by atomic mass is 10.0. The van der Waals surface area contributed by atoms with Gasteiger partial charge in [0.15, 0.2) is 0 Å². The molecule has 1 unspecified atom stereocenters. The van der Waals surface area contributed by atoms with Crippen molar-refractivity contribution in [1.82, 2.24) is 5.32 Å². The van der Waals surface area contributed by atoms with E-state index >= 15 is 0 Å². The minimum atomic E-state index is -0.456. The molecule has 3 heteroatoms. The SMILES string of the molecule is CC(C)Cc1ccc(C(O)CNCCOC(C)C)cc1. The molecule has 1 atom stereocenters. The van der Waals surface area contributed by atoms with Gasteiger partial charge in [-0.05, 0) is 37.3 Å². The molecule has 0 saturated carbocycles. The predicted molar refractivity (Wildman–Crippen MR) is 83.9 cm³/mol. The summed E-state index contributed by atoms with van der Waals surface area (Å²) >= 11 is 0. The predicted octanol–water partition coefficient (Wildman–Crippen LogP) is 2.93. The van der Waals surface area contributed by atoms with E-state index in [1.165, 1.54) is 5.56 Å². The minimum Gasteiger partial charge on any atom is -0.387 e. The standard InChI is InChI=1S/C17H29NO2/c1-13(2)11-15-5-7-16(8-6-15)17(19)12-18-9-10-20-14(3)4/h5-8,13-14,17-19H,9-12H2,1-4H3. The number of hydrogen-bond donors (Lipinski definition) is 2. The average molecular weight is 279 g/mol. The minimum absolute atomic E-state index is 0.259. The van der Waals surface area contributed by atoms with E-state index in [0.29, 0.717) is 19.1 Å². The Balaban J connectivity index is 2.30. The number of ether oxygens (including phenoxy) is 1. The van der Waals surface area contributed by atoms with E-state index in [1.807, 2.05) is 26.0 Å². The van der Waals surface area contributed by atoms with Crippen molar-refractivity contribution in [2.75, 3.05) is 19.7 Å². The van der Waals surface area contributed by atoms with Crippen molar-refractivity contribution in [2.45, 2.75) is 46.3 Å². The van der Waals surface area contributed by atoms with Gasteiger partial charge in [0.25, 0.3) is 0 Å². The molecule has 1 rings (SSSR count). The summed E-state index contributed by atoms with van der Waals surface area (Å²) in [4.78, 5) is 0. The van der Waals surface area contributed by atoms with Crippen molar-refractivity contribution in [2.24, 2.45) is 5.92 Å². The fraction of sp³-hybridized carbons (Fsp3) is 0.647. The number of aliphatic hydroxyl groups is 1. The molecule has 1 aromatic carbocycles. The third kappa shape index (κ3) is 7.04. The van der Waals surface area contributed by atoms with Gasteiger partial charge in [0.1, 0.15) is 0 Å². The highest BCUT2D eigenvalue weighted by atomic mass is 16.5. The zero-order valence-corrected chi connectivity index (χ0v) is 13.2. The number of hydrogen-bond acceptors (Lipinski definition) is 3. The van der Waals surface area contributed by atoms with E-state index in [0.717, 1.165) is 18.5 Å².